The van der Waals surface area contributed by atoms with Gasteiger partial charge in [0.1, 0.15) is 0 Å². The van der Waals surface area contributed by atoms with E-state index < -0.39 is 5.97 Å². The van der Waals surface area contributed by atoms with Crippen LogP contribution in [0.5, 0.6) is 0 Å². The molecule has 2 N–H and O–H groups in total. The van der Waals surface area contributed by atoms with Gasteiger partial charge in [0, 0.05) is 22.5 Å². The number of benzene rings is 3. The Balaban J connectivity index is 1.97. The Morgan fingerprint density at radius 2 is 1.67 bits per heavy atom. The second-order valence-corrected chi connectivity index (χ2v) is 5.69. The van der Waals surface area contributed by atoms with Crippen LogP contribution in [0.4, 0.5) is 0 Å². The normalized spacial score (nSPS) is 11.5. The van der Waals surface area contributed by atoms with Crippen molar-refractivity contribution in [2.45, 2.75) is 0 Å². The highest BCUT2D eigenvalue weighted by Crippen LogP contribution is 2.33. The Bertz CT molecular complexity index is 1090. The van der Waals surface area contributed by atoms with Gasteiger partial charge >= 0.3 is 5.97 Å². The van der Waals surface area contributed by atoms with E-state index in [4.69, 9.17) is 5.11 Å². The monoisotopic (exact) mass is 313 g/mol. The van der Waals surface area contributed by atoms with E-state index in [-0.39, 0.29) is 0 Å². The number of nitrogens with one attached hydrogen (secondary N) is 1. The second kappa shape index (κ2) is 5.70. The van der Waals surface area contributed by atoms with Crippen LogP contribution < -0.4 is 0 Å². The maximum Gasteiger partial charge on any atom is 0.328 e. The maximum atomic E-state index is 11.0. The van der Waals surface area contributed by atoms with Crippen molar-refractivity contribution in [2.24, 2.45) is 0 Å². The number of H-pyrrole nitrogens is 1. The third-order valence-corrected chi connectivity index (χ3v) is 4.18. The second-order valence-electron chi connectivity index (χ2n) is 5.69. The number of carboxylic acids is 1. The molecule has 0 fully saturated rings. The molecule has 24 heavy (non-hydrogen) atoms. The molecule has 3 heteroatoms. The topological polar surface area (TPSA) is 53.1 Å². The maximum absolute atomic E-state index is 11.0. The molecule has 0 amide bonds. The van der Waals surface area contributed by atoms with Crippen LogP contribution in [-0.4, -0.2) is 16.1 Å². The van der Waals surface area contributed by atoms with Gasteiger partial charge in [-0.2, -0.15) is 0 Å². The summed E-state index contributed by atoms with van der Waals surface area (Å²) in [5.74, 6) is -0.954. The zero-order chi connectivity index (χ0) is 16.5. The van der Waals surface area contributed by atoms with Crippen LogP contribution in [0.15, 0.2) is 72.8 Å². The molecule has 4 rings (SSSR count). The third-order valence-electron chi connectivity index (χ3n) is 4.18. The molecular formula is C21H15NO2. The number of carbonyl (C=O) groups is 1. The number of aliphatic carboxylic acids is 1. The summed E-state index contributed by atoms with van der Waals surface area (Å²) in [6.45, 7) is 0. The molecule has 116 valence electrons. The van der Waals surface area contributed by atoms with Crippen molar-refractivity contribution in [3.8, 4) is 11.3 Å². The molecule has 0 unspecified atom stereocenters. The molecule has 1 heterocycles. The van der Waals surface area contributed by atoms with Crippen LogP contribution in [0.1, 0.15) is 5.56 Å². The summed E-state index contributed by atoms with van der Waals surface area (Å²) in [7, 11) is 0. The molecule has 4 aromatic rings. The first-order valence-electron chi connectivity index (χ1n) is 7.73. The average molecular weight is 313 g/mol. The molecule has 0 saturated heterocycles. The lowest BCUT2D eigenvalue weighted by molar-refractivity contribution is -0.131. The van der Waals surface area contributed by atoms with Crippen molar-refractivity contribution < 1.29 is 9.90 Å². The number of hydrogen-bond donors (Lipinski definition) is 2. The van der Waals surface area contributed by atoms with Gasteiger partial charge in [0.25, 0.3) is 0 Å². The first-order chi connectivity index (χ1) is 11.7. The van der Waals surface area contributed by atoms with E-state index >= 15 is 0 Å². The number of para-hydroxylation sites is 1. The Morgan fingerprint density at radius 3 is 2.50 bits per heavy atom. The zero-order valence-electron chi connectivity index (χ0n) is 12.9. The number of rotatable bonds is 3. The van der Waals surface area contributed by atoms with Gasteiger partial charge in [-0.1, -0.05) is 54.6 Å². The fourth-order valence-electron chi connectivity index (χ4n) is 3.06. The summed E-state index contributed by atoms with van der Waals surface area (Å²) in [5, 5.41) is 12.3. The number of hydrogen-bond acceptors (Lipinski definition) is 1. The van der Waals surface area contributed by atoms with Crippen molar-refractivity contribution >= 4 is 33.7 Å². The van der Waals surface area contributed by atoms with Crippen molar-refractivity contribution in [3.63, 3.8) is 0 Å². The number of aromatic nitrogens is 1. The molecule has 0 saturated carbocycles. The van der Waals surface area contributed by atoms with Crippen LogP contribution >= 0.6 is 0 Å². The molecular weight excluding hydrogens is 298 g/mol. The molecule has 3 aromatic carbocycles. The quantitative estimate of drug-likeness (QED) is 0.518. The average Bonchev–Trinajstić information content (AvgIpc) is 2.98. The first kappa shape index (κ1) is 14.3. The van der Waals surface area contributed by atoms with Crippen molar-refractivity contribution in [1.29, 1.82) is 0 Å². The number of carboxylic acid groups (broad SMARTS) is 1. The summed E-state index contributed by atoms with van der Waals surface area (Å²) < 4.78 is 0. The van der Waals surface area contributed by atoms with E-state index in [1.54, 1.807) is 6.08 Å². The number of aromatic amines is 1. The van der Waals surface area contributed by atoms with Gasteiger partial charge in [-0.25, -0.2) is 4.79 Å². The molecule has 0 spiro atoms. The van der Waals surface area contributed by atoms with Crippen LogP contribution in [0.3, 0.4) is 0 Å². The van der Waals surface area contributed by atoms with Gasteiger partial charge < -0.3 is 10.1 Å². The molecule has 1 aromatic heterocycles. The Kier molecular flexibility index (Phi) is 3.39. The summed E-state index contributed by atoms with van der Waals surface area (Å²) in [5.41, 5.74) is 3.85. The highest BCUT2D eigenvalue weighted by atomic mass is 16.4. The van der Waals surface area contributed by atoms with E-state index in [1.165, 1.54) is 11.5 Å². The smallest absolute Gasteiger partial charge is 0.328 e. The molecule has 0 radical (unpaired) electrons. The van der Waals surface area contributed by atoms with E-state index in [0.29, 0.717) is 0 Å². The summed E-state index contributed by atoms with van der Waals surface area (Å²) in [6.07, 6.45) is 2.84. The zero-order valence-corrected chi connectivity index (χ0v) is 12.9. The van der Waals surface area contributed by atoms with E-state index in [9.17, 15) is 4.79 Å². The molecule has 3 nitrogen and oxygen atoms in total. The predicted molar refractivity (Wildman–Crippen MR) is 97.9 cm³/mol. The van der Waals surface area contributed by atoms with Crippen LogP contribution in [0.25, 0.3) is 39.0 Å². The Labute approximate surface area is 138 Å². The number of fused-ring (bicyclic) bond motifs is 2. The van der Waals surface area contributed by atoms with Crippen molar-refractivity contribution in [1.82, 2.24) is 4.98 Å². The van der Waals surface area contributed by atoms with Crippen molar-refractivity contribution in [2.75, 3.05) is 0 Å². The Hall–Kier alpha value is -3.33. The fourth-order valence-corrected chi connectivity index (χ4v) is 3.06. The van der Waals surface area contributed by atoms with Gasteiger partial charge in [-0.05, 0) is 34.5 Å². The standard InChI is InChI=1S/C21H15NO2/c23-20(24)12-11-18-17-7-3-4-8-19(17)22-21(18)16-10-9-14-5-1-2-6-15(14)13-16/h1-13,22H,(H,23,24)/b12-11+. The molecule has 0 aliphatic rings. The highest BCUT2D eigenvalue weighted by Gasteiger charge is 2.11. The van der Waals surface area contributed by atoms with Gasteiger partial charge in [-0.15, -0.1) is 0 Å². The SMILES string of the molecule is O=C(O)/C=C/c1c(-c2ccc3ccccc3c2)[nH]c2ccccc12. The van der Waals surface area contributed by atoms with Gasteiger partial charge in [0.05, 0.1) is 5.69 Å². The fraction of sp³-hybridized carbons (Fsp3) is 0. The van der Waals surface area contributed by atoms with Gasteiger partial charge in [0.15, 0.2) is 0 Å². The van der Waals surface area contributed by atoms with E-state index in [1.807, 2.05) is 36.4 Å². The van der Waals surface area contributed by atoms with E-state index in [2.05, 4.69) is 35.3 Å². The van der Waals surface area contributed by atoms with Crippen LogP contribution in [-0.2, 0) is 4.79 Å². The van der Waals surface area contributed by atoms with E-state index in [0.717, 1.165) is 33.1 Å². The van der Waals surface area contributed by atoms with Crippen LogP contribution in [0.2, 0.25) is 0 Å². The lowest BCUT2D eigenvalue weighted by Gasteiger charge is -2.04. The minimum Gasteiger partial charge on any atom is -0.478 e. The minimum absolute atomic E-state index is 0.892. The summed E-state index contributed by atoms with van der Waals surface area (Å²) in [4.78, 5) is 14.4. The summed E-state index contributed by atoms with van der Waals surface area (Å²) >= 11 is 0. The minimum atomic E-state index is -0.954. The lowest BCUT2D eigenvalue weighted by atomic mass is 10.0. The highest BCUT2D eigenvalue weighted by molar-refractivity contribution is 6.00. The third kappa shape index (κ3) is 2.46. The van der Waals surface area contributed by atoms with Gasteiger partial charge in [0.2, 0.25) is 0 Å². The largest absolute Gasteiger partial charge is 0.478 e. The first-order valence-corrected chi connectivity index (χ1v) is 7.73. The van der Waals surface area contributed by atoms with Crippen LogP contribution in [0, 0.1) is 0 Å². The predicted octanol–water partition coefficient (Wildman–Crippen LogP) is 5.09. The molecule has 0 aliphatic carbocycles. The van der Waals surface area contributed by atoms with Gasteiger partial charge in [-0.3, -0.25) is 0 Å². The van der Waals surface area contributed by atoms with Crippen molar-refractivity contribution in [3.05, 3.63) is 78.4 Å². The lowest BCUT2D eigenvalue weighted by Crippen LogP contribution is -1.87. The molecule has 0 bridgehead atoms. The summed E-state index contributed by atoms with van der Waals surface area (Å²) in [6, 6.07) is 22.4. The molecule has 0 aliphatic heterocycles. The Morgan fingerprint density at radius 1 is 0.917 bits per heavy atom. The molecule has 0 atom stereocenters.